The fourth-order valence-electron chi connectivity index (χ4n) is 4.07. The number of ketones is 1. The molecule has 17 heteroatoms. The van der Waals surface area contributed by atoms with Crippen molar-refractivity contribution >= 4 is 38.7 Å². The van der Waals surface area contributed by atoms with E-state index in [0.29, 0.717) is 12.1 Å². The molecule has 236 valence electrons. The fourth-order valence-corrected chi connectivity index (χ4v) is 5.42. The largest absolute Gasteiger partial charge is 0.416 e. The lowest BCUT2D eigenvalue weighted by atomic mass is 9.94. The lowest BCUT2D eigenvalue weighted by Crippen LogP contribution is -2.29. The van der Waals surface area contributed by atoms with E-state index in [0.717, 1.165) is 4.68 Å². The predicted molar refractivity (Wildman–Crippen MR) is 151 cm³/mol. The Kier molecular flexibility index (Phi) is 9.10. The van der Waals surface area contributed by atoms with Crippen LogP contribution in [0.25, 0.3) is 11.3 Å². The smallest absolute Gasteiger partial charge is 0.411 e. The number of alkyl halides is 6. The van der Waals surface area contributed by atoms with E-state index in [4.69, 9.17) is 32.2 Å². The normalized spacial score (nSPS) is 13.3. The molecule has 0 radical (unpaired) electrons. The molecule has 3 aromatic heterocycles. The summed E-state index contributed by atoms with van der Waals surface area (Å²) < 4.78 is 92.9. The zero-order valence-electron chi connectivity index (χ0n) is 23.9. The molecule has 8 nitrogen and oxygen atoms in total. The van der Waals surface area contributed by atoms with Crippen molar-refractivity contribution in [2.75, 3.05) is 0 Å². The van der Waals surface area contributed by atoms with Crippen molar-refractivity contribution in [1.82, 2.24) is 25.1 Å². The van der Waals surface area contributed by atoms with Crippen LogP contribution in [0.15, 0.2) is 41.2 Å². The van der Waals surface area contributed by atoms with Crippen molar-refractivity contribution in [1.29, 1.82) is 0 Å². The van der Waals surface area contributed by atoms with Crippen LogP contribution in [0, 0.1) is 0 Å². The lowest BCUT2D eigenvalue weighted by molar-refractivity contribution is -0.143. The summed E-state index contributed by atoms with van der Waals surface area (Å²) in [5.74, 6) is -0.810. The first-order chi connectivity index (χ1) is 20.2. The minimum atomic E-state index is -5.05. The maximum Gasteiger partial charge on any atom is 0.416 e. The minimum absolute atomic E-state index is 0.00688. The van der Waals surface area contributed by atoms with Gasteiger partial charge in [0.25, 0.3) is 0 Å². The lowest BCUT2D eigenvalue weighted by Gasteiger charge is -2.28. The van der Waals surface area contributed by atoms with E-state index in [-0.39, 0.29) is 38.7 Å². The van der Waals surface area contributed by atoms with Gasteiger partial charge in [0, 0.05) is 18.0 Å². The van der Waals surface area contributed by atoms with E-state index in [1.807, 2.05) is 20.8 Å². The van der Waals surface area contributed by atoms with E-state index in [1.54, 1.807) is 13.8 Å². The van der Waals surface area contributed by atoms with Crippen LogP contribution in [0.3, 0.4) is 0 Å². The molecule has 0 N–H and O–H groups in total. The van der Waals surface area contributed by atoms with Crippen LogP contribution in [0.4, 0.5) is 26.3 Å². The predicted octanol–water partition coefficient (Wildman–Crippen LogP) is 7.51. The van der Waals surface area contributed by atoms with Gasteiger partial charge in [0.15, 0.2) is 26.4 Å². The highest BCUT2D eigenvalue weighted by Crippen LogP contribution is 2.40. The first kappa shape index (κ1) is 33.6. The van der Waals surface area contributed by atoms with Gasteiger partial charge in [0.05, 0.1) is 28.3 Å². The third kappa shape index (κ3) is 7.33. The maximum atomic E-state index is 14.0. The molecule has 0 aliphatic rings. The molecule has 0 bridgehead atoms. The average molecular weight is 681 g/mol. The molecule has 1 aromatic carbocycles. The van der Waals surface area contributed by atoms with Crippen molar-refractivity contribution in [3.63, 3.8) is 0 Å². The highest BCUT2D eigenvalue weighted by molar-refractivity contribution is 6.35. The number of aromatic nitrogens is 5. The Morgan fingerprint density at radius 2 is 1.61 bits per heavy atom. The molecule has 0 saturated carbocycles. The number of pyridine rings is 1. The molecule has 0 fully saturated rings. The minimum Gasteiger partial charge on any atom is -0.411 e. The van der Waals surface area contributed by atoms with Crippen LogP contribution < -0.4 is 0 Å². The van der Waals surface area contributed by atoms with Crippen LogP contribution >= 0.6 is 23.2 Å². The summed E-state index contributed by atoms with van der Waals surface area (Å²) >= 11 is 12.8. The Morgan fingerprint density at radius 3 is 2.16 bits per heavy atom. The van der Waals surface area contributed by atoms with Crippen LogP contribution in [-0.2, 0) is 28.9 Å². The number of carbonyl (C=O) groups is 1. The Morgan fingerprint density at radius 1 is 1.00 bits per heavy atom. The van der Waals surface area contributed by atoms with Crippen molar-refractivity contribution < 1.29 is 40.1 Å². The van der Waals surface area contributed by atoms with E-state index >= 15 is 0 Å². The number of hydrogen-bond donors (Lipinski definition) is 0. The molecule has 4 aromatic rings. The van der Waals surface area contributed by atoms with E-state index in [1.165, 1.54) is 18.5 Å². The molecule has 0 aliphatic carbocycles. The van der Waals surface area contributed by atoms with E-state index in [2.05, 4.69) is 20.5 Å². The van der Waals surface area contributed by atoms with Crippen molar-refractivity contribution in [3.8, 4) is 11.3 Å². The molecule has 44 heavy (non-hydrogen) atoms. The van der Waals surface area contributed by atoms with Crippen molar-refractivity contribution in [2.45, 2.75) is 64.2 Å². The summed E-state index contributed by atoms with van der Waals surface area (Å²) in [7, 11) is -1.18. The molecular formula is C27H25Cl2F6N5O3Si. The third-order valence-electron chi connectivity index (χ3n) is 6.23. The number of halogens is 8. The first-order valence-corrected chi connectivity index (χ1v) is 14.9. The van der Waals surface area contributed by atoms with Crippen LogP contribution in [0.2, 0.25) is 15.2 Å². The molecule has 0 saturated heterocycles. The Labute approximate surface area is 259 Å². The number of nitrogens with zero attached hydrogens (tertiary/aromatic N) is 5. The van der Waals surface area contributed by atoms with Gasteiger partial charge < -0.3 is 8.95 Å². The summed E-state index contributed by atoms with van der Waals surface area (Å²) in [6, 6.07) is 2.58. The highest BCUT2D eigenvalue weighted by Gasteiger charge is 2.39. The summed E-state index contributed by atoms with van der Waals surface area (Å²) in [6.45, 7) is 8.73. The molecule has 0 amide bonds. The zero-order valence-corrected chi connectivity index (χ0v) is 26.8. The van der Waals surface area contributed by atoms with Gasteiger partial charge in [0.1, 0.15) is 11.3 Å². The highest BCUT2D eigenvalue weighted by atomic mass is 35.5. The second-order valence-electron chi connectivity index (χ2n) is 11.6. The summed E-state index contributed by atoms with van der Waals surface area (Å²) in [4.78, 5) is 18.0. The molecule has 0 aliphatic heterocycles. The number of carbonyl (C=O) groups excluding carboxylic acids is 1. The third-order valence-corrected chi connectivity index (χ3v) is 8.64. The average Bonchev–Trinajstić information content (AvgIpc) is 3.51. The van der Waals surface area contributed by atoms with E-state index in [9.17, 15) is 31.1 Å². The Balaban J connectivity index is 1.80. The zero-order chi connectivity index (χ0) is 32.8. The Hall–Kier alpha value is -3.27. The van der Waals surface area contributed by atoms with Gasteiger partial charge in [0.2, 0.25) is 5.78 Å². The SMILES string of the molecule is CC(C)(C)[SiH2]OC(C)(C)c1onc(-c2ccncc2Cl)c1C(=O)c1nnn(Cc2cc(C(F)(F)F)cc(C(F)(F)F)c2)c1Cl. The second-order valence-corrected chi connectivity index (χ2v) is 15.0. The number of hydrogen-bond acceptors (Lipinski definition) is 7. The van der Waals surface area contributed by atoms with Crippen LogP contribution in [0.1, 0.15) is 73.1 Å². The molecular weight excluding hydrogens is 655 g/mol. The van der Waals surface area contributed by atoms with Gasteiger partial charge in [-0.1, -0.05) is 54.3 Å². The monoisotopic (exact) mass is 679 g/mol. The summed E-state index contributed by atoms with van der Waals surface area (Å²) in [6.07, 6.45) is -7.35. The first-order valence-electron chi connectivity index (χ1n) is 12.8. The van der Waals surface area contributed by atoms with Crippen molar-refractivity contribution in [2.24, 2.45) is 0 Å². The molecule has 4 rings (SSSR count). The second kappa shape index (κ2) is 11.9. The summed E-state index contributed by atoms with van der Waals surface area (Å²) in [5.41, 5.74) is -4.86. The van der Waals surface area contributed by atoms with Gasteiger partial charge in [-0.2, -0.15) is 26.3 Å². The molecule has 0 atom stereocenters. The summed E-state index contributed by atoms with van der Waals surface area (Å²) in [5, 5.41) is 11.2. The van der Waals surface area contributed by atoms with E-state index < -0.39 is 67.6 Å². The quantitative estimate of drug-likeness (QED) is 0.108. The fraction of sp³-hybridized carbons (Fsp3) is 0.370. The molecule has 0 spiro atoms. The number of rotatable bonds is 8. The van der Waals surface area contributed by atoms with Crippen molar-refractivity contribution in [3.05, 3.63) is 80.5 Å². The topological polar surface area (TPSA) is 95.9 Å². The van der Waals surface area contributed by atoms with Gasteiger partial charge in [-0.15, -0.1) is 5.10 Å². The van der Waals surface area contributed by atoms with Gasteiger partial charge >= 0.3 is 12.4 Å². The van der Waals surface area contributed by atoms with Crippen LogP contribution in [-0.4, -0.2) is 40.7 Å². The number of benzene rings is 1. The Bertz CT molecular complexity index is 1660. The molecule has 3 heterocycles. The van der Waals surface area contributed by atoms with Crippen LogP contribution in [0.5, 0.6) is 0 Å². The van der Waals surface area contributed by atoms with Gasteiger partial charge in [-0.25, -0.2) is 4.68 Å². The molecule has 0 unspecified atom stereocenters. The van der Waals surface area contributed by atoms with Gasteiger partial charge in [-0.3, -0.25) is 9.78 Å². The maximum absolute atomic E-state index is 14.0. The standard InChI is InChI=1S/C27H25Cl2F6N5O3Si/c1-24(2,3)44-43-25(4,5)22-18(19(38-42-22)16-6-7-36-11-17(16)28)21(41)20-23(29)40(39-37-20)12-13-8-14(26(30,31)32)10-15(9-13)27(33,34)35/h6-11H,12,44H2,1-5H3. The van der Waals surface area contributed by atoms with Gasteiger partial charge in [-0.05, 0) is 48.7 Å².